The smallest absolute Gasteiger partial charge is 0.270 e. The first-order valence-electron chi connectivity index (χ1n) is 7.94. The van der Waals surface area contributed by atoms with Crippen molar-refractivity contribution in [3.05, 3.63) is 63.6 Å². The maximum Gasteiger partial charge on any atom is 0.270 e. The van der Waals surface area contributed by atoms with Crippen LogP contribution in [0.4, 0.5) is 0 Å². The predicted octanol–water partition coefficient (Wildman–Crippen LogP) is 1.33. The van der Waals surface area contributed by atoms with Gasteiger partial charge in [-0.3, -0.25) is 19.0 Å². The summed E-state index contributed by atoms with van der Waals surface area (Å²) in [5, 5.41) is 7.99. The van der Waals surface area contributed by atoms with Gasteiger partial charge in [-0.15, -0.1) is 11.3 Å². The highest BCUT2D eigenvalue weighted by molar-refractivity contribution is 7.77. The second-order valence-corrected chi connectivity index (χ2v) is 7.77. The van der Waals surface area contributed by atoms with Gasteiger partial charge in [0, 0.05) is 30.5 Å². The van der Waals surface area contributed by atoms with Crippen molar-refractivity contribution in [3.63, 3.8) is 0 Å². The van der Waals surface area contributed by atoms with Crippen molar-refractivity contribution >= 4 is 28.5 Å². The average molecular weight is 406 g/mol. The minimum absolute atomic E-state index is 0.255. The average Bonchev–Trinajstić information content (AvgIpc) is 3.26. The number of aryl methyl sites for hydroxylation is 2. The zero-order chi connectivity index (χ0) is 19.4. The van der Waals surface area contributed by atoms with Crippen LogP contribution in [0.1, 0.15) is 37.7 Å². The van der Waals surface area contributed by atoms with E-state index in [0.29, 0.717) is 17.8 Å². The molecule has 0 saturated heterocycles. The predicted molar refractivity (Wildman–Crippen MR) is 101 cm³/mol. The number of hydrogen-bond donors (Lipinski definition) is 3. The molecule has 3 heterocycles. The van der Waals surface area contributed by atoms with Gasteiger partial charge in [0.2, 0.25) is 11.3 Å². The lowest BCUT2D eigenvalue weighted by atomic mass is 10.1. The highest BCUT2D eigenvalue weighted by Crippen LogP contribution is 2.20. The third-order valence-electron chi connectivity index (χ3n) is 3.69. The Hall–Kier alpha value is -2.47. The molecule has 3 rings (SSSR count). The minimum Gasteiger partial charge on any atom is -0.346 e. The van der Waals surface area contributed by atoms with Gasteiger partial charge < -0.3 is 5.32 Å². The van der Waals surface area contributed by atoms with E-state index >= 15 is 0 Å². The molecule has 142 valence electrons. The molecule has 27 heavy (non-hydrogen) atoms. The molecule has 0 aliphatic heterocycles. The van der Waals surface area contributed by atoms with E-state index in [1.807, 2.05) is 6.92 Å². The number of nitrogens with one attached hydrogen (secondary N) is 2. The first-order valence-corrected chi connectivity index (χ1v) is 9.86. The van der Waals surface area contributed by atoms with E-state index in [9.17, 15) is 13.6 Å². The third-order valence-corrected chi connectivity index (χ3v) is 5.04. The van der Waals surface area contributed by atoms with Gasteiger partial charge in [0.15, 0.2) is 0 Å². The van der Waals surface area contributed by atoms with Crippen LogP contribution in [0.5, 0.6) is 0 Å². The van der Waals surface area contributed by atoms with Crippen molar-refractivity contribution in [1.82, 2.24) is 29.8 Å². The summed E-state index contributed by atoms with van der Waals surface area (Å²) in [7, 11) is 1.76. The molecule has 0 bridgehead atoms. The Morgan fingerprint density at radius 3 is 2.70 bits per heavy atom. The van der Waals surface area contributed by atoms with E-state index in [1.165, 1.54) is 17.5 Å². The molecule has 0 spiro atoms. The van der Waals surface area contributed by atoms with Crippen LogP contribution in [-0.4, -0.2) is 34.4 Å². The molecule has 0 radical (unpaired) electrons. The monoisotopic (exact) mass is 406 g/mol. The Morgan fingerprint density at radius 1 is 1.33 bits per heavy atom. The van der Waals surface area contributed by atoms with Gasteiger partial charge in [-0.1, -0.05) is 6.07 Å². The number of carbonyl (C=O) groups excluding carboxylic acids is 1. The van der Waals surface area contributed by atoms with Crippen molar-refractivity contribution < 1.29 is 13.6 Å². The largest absolute Gasteiger partial charge is 0.346 e. The lowest BCUT2D eigenvalue weighted by Crippen LogP contribution is -2.26. The fraction of sp³-hybridized carbons (Fsp3) is 0.250. The van der Waals surface area contributed by atoms with E-state index < -0.39 is 17.3 Å². The van der Waals surface area contributed by atoms with Gasteiger partial charge in [-0.05, 0) is 24.6 Å². The normalized spacial score (nSPS) is 13.3. The highest BCUT2D eigenvalue weighted by Gasteiger charge is 2.19. The number of thiazole rings is 1. The summed E-state index contributed by atoms with van der Waals surface area (Å²) in [5.74, 6) is -0.305. The number of carbonyl (C=O) groups is 1. The number of aromatic nitrogens is 4. The Kier molecular flexibility index (Phi) is 6.06. The third kappa shape index (κ3) is 5.04. The van der Waals surface area contributed by atoms with Gasteiger partial charge in [0.25, 0.3) is 5.91 Å². The molecule has 0 aliphatic carbocycles. The Labute approximate surface area is 162 Å². The number of nitrogens with zero attached hydrogens (tertiary/aromatic N) is 4. The van der Waals surface area contributed by atoms with Crippen LogP contribution >= 0.6 is 11.3 Å². The molecule has 11 heteroatoms. The van der Waals surface area contributed by atoms with Gasteiger partial charge in [0.05, 0.1) is 23.3 Å². The van der Waals surface area contributed by atoms with Crippen molar-refractivity contribution in [2.24, 2.45) is 7.05 Å². The van der Waals surface area contributed by atoms with Crippen molar-refractivity contribution in [2.75, 3.05) is 0 Å². The minimum atomic E-state index is -2.23. The zero-order valence-electron chi connectivity index (χ0n) is 14.6. The van der Waals surface area contributed by atoms with E-state index in [2.05, 4.69) is 25.1 Å². The van der Waals surface area contributed by atoms with E-state index in [0.717, 1.165) is 9.88 Å². The lowest BCUT2D eigenvalue weighted by molar-refractivity contribution is 0.0946. The molecule has 2 unspecified atom stereocenters. The first-order chi connectivity index (χ1) is 12.9. The van der Waals surface area contributed by atoms with Crippen LogP contribution in [0, 0.1) is 6.92 Å². The summed E-state index contributed by atoms with van der Waals surface area (Å²) in [5.41, 5.74) is 1.44. The quantitative estimate of drug-likeness (QED) is 0.509. The molecule has 3 N–H and O–H groups in total. The molecule has 9 nitrogen and oxygen atoms in total. The Morgan fingerprint density at radius 2 is 2.15 bits per heavy atom. The van der Waals surface area contributed by atoms with Crippen LogP contribution in [0.25, 0.3) is 0 Å². The molecule has 0 saturated carbocycles. The summed E-state index contributed by atoms with van der Waals surface area (Å²) in [6.45, 7) is 2.29. The fourth-order valence-electron chi connectivity index (χ4n) is 2.44. The molecular formula is C16H18N6O3S2. The Balaban J connectivity index is 1.72. The molecule has 0 aliphatic rings. The summed E-state index contributed by atoms with van der Waals surface area (Å²) >= 11 is -0.714. The van der Waals surface area contributed by atoms with Gasteiger partial charge in [-0.25, -0.2) is 13.9 Å². The van der Waals surface area contributed by atoms with Gasteiger partial charge in [-0.2, -0.15) is 5.10 Å². The van der Waals surface area contributed by atoms with Gasteiger partial charge >= 0.3 is 0 Å². The van der Waals surface area contributed by atoms with E-state index in [4.69, 9.17) is 0 Å². The van der Waals surface area contributed by atoms with Crippen LogP contribution in [0.2, 0.25) is 0 Å². The second kappa shape index (κ2) is 8.48. The van der Waals surface area contributed by atoms with Crippen LogP contribution in [-0.2, 0) is 24.9 Å². The number of amides is 1. The molecule has 2 atom stereocenters. The highest BCUT2D eigenvalue weighted by atomic mass is 32.2. The van der Waals surface area contributed by atoms with Crippen molar-refractivity contribution in [2.45, 2.75) is 19.5 Å². The molecular weight excluding hydrogens is 388 g/mol. The van der Waals surface area contributed by atoms with Crippen LogP contribution in [0.3, 0.4) is 0 Å². The second-order valence-electron chi connectivity index (χ2n) is 5.72. The standard InChI is InChI=1S/C16H18N6O3S2/c1-10-17-8-12(26-10)9-19-16(23)14-4-3-11(7-18-14)15(21-27(24)25)13-5-6-22(2)20-13/h3-8,15,21H,9H2,1-2H3,(H,19,23)(H,24,25). The molecule has 0 fully saturated rings. The molecule has 3 aromatic heterocycles. The summed E-state index contributed by atoms with van der Waals surface area (Å²) in [4.78, 5) is 21.5. The fourth-order valence-corrected chi connectivity index (χ4v) is 3.64. The van der Waals surface area contributed by atoms with Crippen molar-refractivity contribution in [3.8, 4) is 0 Å². The Bertz CT molecular complexity index is 953. The van der Waals surface area contributed by atoms with E-state index in [1.54, 1.807) is 42.3 Å². The lowest BCUT2D eigenvalue weighted by Gasteiger charge is -2.14. The molecule has 1 amide bonds. The zero-order valence-corrected chi connectivity index (χ0v) is 16.3. The summed E-state index contributed by atoms with van der Waals surface area (Å²) < 4.78 is 24.6. The maximum absolute atomic E-state index is 12.2. The number of hydrogen-bond acceptors (Lipinski definition) is 6. The molecule has 0 aromatic carbocycles. The summed E-state index contributed by atoms with van der Waals surface area (Å²) in [6.07, 6.45) is 4.96. The van der Waals surface area contributed by atoms with Gasteiger partial charge in [0.1, 0.15) is 5.69 Å². The number of rotatable bonds is 7. The topological polar surface area (TPSA) is 122 Å². The summed E-state index contributed by atoms with van der Waals surface area (Å²) in [6, 6.07) is 4.36. The van der Waals surface area contributed by atoms with Crippen molar-refractivity contribution in [1.29, 1.82) is 0 Å². The maximum atomic E-state index is 12.2. The number of pyridine rings is 1. The van der Waals surface area contributed by atoms with E-state index in [-0.39, 0.29) is 11.6 Å². The first kappa shape index (κ1) is 19.3. The van der Waals surface area contributed by atoms with Crippen LogP contribution in [0.15, 0.2) is 36.8 Å². The van der Waals surface area contributed by atoms with Crippen LogP contribution < -0.4 is 10.0 Å². The SMILES string of the molecule is Cc1ncc(CNC(=O)c2ccc(C(NS(=O)O)c3ccn(C)n3)cn2)s1. The molecule has 3 aromatic rings.